The molecule has 4 aliphatic carbocycles. The highest BCUT2D eigenvalue weighted by Crippen LogP contribution is 2.51. The summed E-state index contributed by atoms with van der Waals surface area (Å²) in [6.07, 6.45) is 14.3. The first-order valence-electron chi connectivity index (χ1n) is 11.2. The van der Waals surface area contributed by atoms with Gasteiger partial charge in [-0.3, -0.25) is 5.41 Å². The van der Waals surface area contributed by atoms with E-state index in [1.54, 1.807) is 0 Å². The van der Waals surface area contributed by atoms with Crippen molar-refractivity contribution < 1.29 is 0 Å². The van der Waals surface area contributed by atoms with Crippen LogP contribution >= 0.6 is 0 Å². The fraction of sp³-hybridized carbons (Fsp3) is 0.913. The van der Waals surface area contributed by atoms with Crippen molar-refractivity contribution in [2.24, 2.45) is 51.1 Å². The number of nitrogens with two attached hydrogens (primary N) is 1. The molecule has 4 fully saturated rings. The second-order valence-electron chi connectivity index (χ2n) is 11.2. The summed E-state index contributed by atoms with van der Waals surface area (Å²) < 4.78 is 0. The second-order valence-corrected chi connectivity index (χ2v) is 11.2. The molecule has 146 valence electrons. The van der Waals surface area contributed by atoms with Crippen LogP contribution in [0.3, 0.4) is 0 Å². The third kappa shape index (κ3) is 3.47. The summed E-state index contributed by atoms with van der Waals surface area (Å²) >= 11 is 0. The zero-order chi connectivity index (χ0) is 18.5. The molecule has 4 saturated carbocycles. The lowest BCUT2D eigenvalue weighted by Gasteiger charge is -2.47. The molecule has 3 nitrogen and oxygen atoms in total. The van der Waals surface area contributed by atoms with Gasteiger partial charge in [0.1, 0.15) is 11.7 Å². The molecule has 3 N–H and O–H groups in total. The standard InChI is InChI=1S/C23H39N3/c1-15-7-18-10-19(8-15)14-23(3,13-18)21(25)26-20(24)22(2)11-16-5-4-6-17(9-16)12-22/h15-19H,4-14H2,1-3H3,(H3,24,25,26). The maximum absolute atomic E-state index is 8.82. The fourth-order valence-electron chi connectivity index (χ4n) is 7.51. The number of hydrogen-bond acceptors (Lipinski definition) is 1. The van der Waals surface area contributed by atoms with E-state index in [0.29, 0.717) is 5.84 Å². The third-order valence-corrected chi connectivity index (χ3v) is 8.41. The number of fused-ring (bicyclic) bond motifs is 4. The lowest BCUT2D eigenvalue weighted by Crippen LogP contribution is -2.45. The highest BCUT2D eigenvalue weighted by molar-refractivity contribution is 6.00. The van der Waals surface area contributed by atoms with Crippen LogP contribution < -0.4 is 5.73 Å². The van der Waals surface area contributed by atoms with Crippen molar-refractivity contribution in [1.29, 1.82) is 5.41 Å². The normalized spacial score (nSPS) is 48.9. The quantitative estimate of drug-likeness (QED) is 0.477. The molecular weight excluding hydrogens is 318 g/mol. The Balaban J connectivity index is 1.49. The van der Waals surface area contributed by atoms with Crippen LogP contribution in [-0.4, -0.2) is 11.7 Å². The Bertz CT molecular complexity index is 562. The summed E-state index contributed by atoms with van der Waals surface area (Å²) in [5.41, 5.74) is 6.58. The maximum Gasteiger partial charge on any atom is 0.128 e. The average molecular weight is 358 g/mol. The van der Waals surface area contributed by atoms with E-state index in [4.69, 9.17) is 16.1 Å². The first-order chi connectivity index (χ1) is 12.3. The molecule has 0 aromatic carbocycles. The van der Waals surface area contributed by atoms with Gasteiger partial charge in [0.25, 0.3) is 0 Å². The summed E-state index contributed by atoms with van der Waals surface area (Å²) in [7, 11) is 0. The van der Waals surface area contributed by atoms with Crippen LogP contribution in [0.25, 0.3) is 0 Å². The molecule has 0 aromatic rings. The van der Waals surface area contributed by atoms with Crippen LogP contribution in [0, 0.1) is 45.8 Å². The molecule has 3 heteroatoms. The first kappa shape index (κ1) is 18.5. The molecule has 4 atom stereocenters. The minimum absolute atomic E-state index is 0.0148. The van der Waals surface area contributed by atoms with Crippen LogP contribution in [0.5, 0.6) is 0 Å². The SMILES string of the molecule is CC1CC2CC(C1)CC(C)(C(N)=NC(=N)C1(C)CC3CCCC(C3)C1)C2. The van der Waals surface area contributed by atoms with Gasteiger partial charge in [-0.2, -0.15) is 0 Å². The van der Waals surface area contributed by atoms with Gasteiger partial charge >= 0.3 is 0 Å². The molecule has 0 aromatic heterocycles. The minimum atomic E-state index is -0.0476. The van der Waals surface area contributed by atoms with E-state index in [1.807, 2.05) is 0 Å². The number of aliphatic imine (C=N–C) groups is 1. The Hall–Kier alpha value is -0.860. The number of amidine groups is 2. The van der Waals surface area contributed by atoms with Crippen molar-refractivity contribution in [3.05, 3.63) is 0 Å². The minimum Gasteiger partial charge on any atom is -0.387 e. The van der Waals surface area contributed by atoms with Crippen LogP contribution in [0.4, 0.5) is 0 Å². The number of hydrogen-bond donors (Lipinski definition) is 2. The molecule has 4 rings (SSSR count). The van der Waals surface area contributed by atoms with E-state index in [-0.39, 0.29) is 10.8 Å². The van der Waals surface area contributed by atoms with Crippen molar-refractivity contribution in [1.82, 2.24) is 0 Å². The first-order valence-corrected chi connectivity index (χ1v) is 11.2. The van der Waals surface area contributed by atoms with Crippen LogP contribution in [0.2, 0.25) is 0 Å². The summed E-state index contributed by atoms with van der Waals surface area (Å²) in [6, 6.07) is 0. The van der Waals surface area contributed by atoms with Crippen molar-refractivity contribution in [3.63, 3.8) is 0 Å². The highest BCUT2D eigenvalue weighted by atomic mass is 15.0. The average Bonchev–Trinajstić information content (AvgIpc) is 2.52. The van der Waals surface area contributed by atoms with Crippen molar-refractivity contribution >= 4 is 11.7 Å². The molecule has 0 radical (unpaired) electrons. The lowest BCUT2D eigenvalue weighted by molar-refractivity contribution is 0.0840. The van der Waals surface area contributed by atoms with E-state index in [0.717, 1.165) is 48.3 Å². The monoisotopic (exact) mass is 357 g/mol. The molecule has 0 amide bonds. The Morgan fingerprint density at radius 1 is 0.846 bits per heavy atom. The largest absolute Gasteiger partial charge is 0.387 e. The Kier molecular flexibility index (Phi) is 4.72. The van der Waals surface area contributed by atoms with E-state index in [2.05, 4.69) is 20.8 Å². The lowest BCUT2D eigenvalue weighted by atomic mass is 9.59. The van der Waals surface area contributed by atoms with Gasteiger partial charge in [-0.05, 0) is 81.0 Å². The fourth-order valence-corrected chi connectivity index (χ4v) is 7.51. The predicted molar refractivity (Wildman–Crippen MR) is 109 cm³/mol. The zero-order valence-electron chi connectivity index (χ0n) is 17.2. The molecule has 0 spiro atoms. The van der Waals surface area contributed by atoms with E-state index in [9.17, 15) is 0 Å². The van der Waals surface area contributed by atoms with E-state index in [1.165, 1.54) is 57.8 Å². The summed E-state index contributed by atoms with van der Waals surface area (Å²) in [4.78, 5) is 4.82. The highest BCUT2D eigenvalue weighted by Gasteiger charge is 2.45. The third-order valence-electron chi connectivity index (χ3n) is 8.41. The van der Waals surface area contributed by atoms with Gasteiger partial charge in [-0.25, -0.2) is 4.99 Å². The molecule has 26 heavy (non-hydrogen) atoms. The molecular formula is C23H39N3. The van der Waals surface area contributed by atoms with E-state index >= 15 is 0 Å². The van der Waals surface area contributed by atoms with Gasteiger partial charge in [0.2, 0.25) is 0 Å². The summed E-state index contributed by atoms with van der Waals surface area (Å²) in [6.45, 7) is 7.03. The molecule has 4 unspecified atom stereocenters. The smallest absolute Gasteiger partial charge is 0.128 e. The van der Waals surface area contributed by atoms with Gasteiger partial charge in [-0.1, -0.05) is 40.0 Å². The van der Waals surface area contributed by atoms with Gasteiger partial charge in [0.15, 0.2) is 0 Å². The van der Waals surface area contributed by atoms with Gasteiger partial charge in [-0.15, -0.1) is 0 Å². The topological polar surface area (TPSA) is 62.2 Å². The van der Waals surface area contributed by atoms with Gasteiger partial charge < -0.3 is 5.73 Å². The Labute approximate surface area is 160 Å². The zero-order valence-corrected chi connectivity index (χ0v) is 17.2. The van der Waals surface area contributed by atoms with Crippen molar-refractivity contribution in [2.75, 3.05) is 0 Å². The number of rotatable bonds is 2. The molecule has 0 saturated heterocycles. The van der Waals surface area contributed by atoms with Crippen molar-refractivity contribution in [3.8, 4) is 0 Å². The second kappa shape index (κ2) is 6.63. The van der Waals surface area contributed by atoms with Crippen molar-refractivity contribution in [2.45, 2.75) is 91.4 Å². The van der Waals surface area contributed by atoms with Crippen LogP contribution in [0.1, 0.15) is 91.4 Å². The van der Waals surface area contributed by atoms with Crippen LogP contribution in [0.15, 0.2) is 4.99 Å². The Morgan fingerprint density at radius 2 is 1.35 bits per heavy atom. The Morgan fingerprint density at radius 3 is 1.92 bits per heavy atom. The molecule has 4 bridgehead atoms. The van der Waals surface area contributed by atoms with Gasteiger partial charge in [0, 0.05) is 10.8 Å². The molecule has 4 aliphatic rings. The number of nitrogens with one attached hydrogen (secondary N) is 1. The molecule has 0 heterocycles. The van der Waals surface area contributed by atoms with Crippen LogP contribution in [-0.2, 0) is 0 Å². The number of nitrogens with zero attached hydrogens (tertiary/aromatic N) is 1. The maximum atomic E-state index is 8.82. The predicted octanol–water partition coefficient (Wildman–Crippen LogP) is 5.78. The van der Waals surface area contributed by atoms with E-state index < -0.39 is 0 Å². The summed E-state index contributed by atoms with van der Waals surface area (Å²) in [5.74, 6) is 5.48. The van der Waals surface area contributed by atoms with Gasteiger partial charge in [0.05, 0.1) is 0 Å². The summed E-state index contributed by atoms with van der Waals surface area (Å²) in [5, 5.41) is 8.82. The molecule has 0 aliphatic heterocycles.